The highest BCUT2D eigenvalue weighted by Crippen LogP contribution is 2.13. The molecule has 0 saturated carbocycles. The zero-order valence-corrected chi connectivity index (χ0v) is 15.5. The van der Waals surface area contributed by atoms with Crippen LogP contribution in [0.4, 0.5) is 5.69 Å². The zero-order chi connectivity index (χ0) is 17.5. The Morgan fingerprint density at radius 1 is 1.25 bits per heavy atom. The fourth-order valence-electron chi connectivity index (χ4n) is 1.85. The van der Waals surface area contributed by atoms with Crippen LogP contribution in [0.2, 0.25) is 0 Å². The van der Waals surface area contributed by atoms with Crippen molar-refractivity contribution >= 4 is 29.9 Å². The van der Waals surface area contributed by atoms with E-state index in [2.05, 4.69) is 10.6 Å². The number of hydrogen-bond acceptors (Lipinski definition) is 4. The summed E-state index contributed by atoms with van der Waals surface area (Å²) in [5.74, 6) is -0.302. The van der Waals surface area contributed by atoms with Crippen molar-refractivity contribution in [3.05, 3.63) is 29.8 Å². The predicted octanol–water partition coefficient (Wildman–Crippen LogP) is 2.33. The van der Waals surface area contributed by atoms with Gasteiger partial charge in [-0.25, -0.2) is 0 Å². The van der Waals surface area contributed by atoms with Gasteiger partial charge in [-0.15, -0.1) is 12.4 Å². The molecular weight excluding hydrogens is 330 g/mol. The van der Waals surface area contributed by atoms with Gasteiger partial charge in [0.15, 0.2) is 0 Å². The first kappa shape index (κ1) is 22.4. The number of methoxy groups -OCH3 is 1. The van der Waals surface area contributed by atoms with Crippen molar-refractivity contribution in [2.24, 2.45) is 5.73 Å². The summed E-state index contributed by atoms with van der Waals surface area (Å²) in [7, 11) is 1.52. The maximum Gasteiger partial charge on any atom is 0.251 e. The van der Waals surface area contributed by atoms with Crippen LogP contribution in [0, 0.1) is 0 Å². The van der Waals surface area contributed by atoms with Gasteiger partial charge in [-0.1, -0.05) is 6.92 Å². The molecule has 6 nitrogen and oxygen atoms in total. The number of nitrogens with two attached hydrogens (primary N) is 1. The molecule has 1 atom stereocenters. The van der Waals surface area contributed by atoms with Crippen molar-refractivity contribution in [3.63, 3.8) is 0 Å². The number of rotatable bonds is 8. The van der Waals surface area contributed by atoms with E-state index >= 15 is 0 Å². The average molecular weight is 358 g/mol. The summed E-state index contributed by atoms with van der Waals surface area (Å²) < 4.78 is 5.08. The van der Waals surface area contributed by atoms with Gasteiger partial charge in [-0.3, -0.25) is 9.59 Å². The first-order chi connectivity index (χ1) is 10.8. The number of anilines is 1. The minimum Gasteiger partial charge on any atom is -0.380 e. The van der Waals surface area contributed by atoms with Crippen molar-refractivity contribution < 1.29 is 14.3 Å². The van der Waals surface area contributed by atoms with Crippen LogP contribution < -0.4 is 16.4 Å². The maximum atomic E-state index is 12.1. The number of carbonyl (C=O) groups is 2. The smallest absolute Gasteiger partial charge is 0.251 e. The van der Waals surface area contributed by atoms with Gasteiger partial charge >= 0.3 is 0 Å². The average Bonchev–Trinajstić information content (AvgIpc) is 2.52. The molecule has 4 N–H and O–H groups in total. The molecule has 24 heavy (non-hydrogen) atoms. The van der Waals surface area contributed by atoms with E-state index in [0.29, 0.717) is 11.3 Å². The molecule has 0 aliphatic carbocycles. The molecular formula is C17H28ClN3O3. The lowest BCUT2D eigenvalue weighted by atomic mass is 10.0. The van der Waals surface area contributed by atoms with E-state index in [4.69, 9.17) is 10.5 Å². The molecule has 0 aliphatic rings. The fourth-order valence-corrected chi connectivity index (χ4v) is 1.85. The van der Waals surface area contributed by atoms with Crippen LogP contribution >= 0.6 is 12.4 Å². The van der Waals surface area contributed by atoms with E-state index in [9.17, 15) is 9.59 Å². The van der Waals surface area contributed by atoms with Gasteiger partial charge in [-0.2, -0.15) is 0 Å². The number of amides is 2. The Hall–Kier alpha value is -1.63. The molecule has 0 heterocycles. The summed E-state index contributed by atoms with van der Waals surface area (Å²) in [6.45, 7) is 6.26. The molecule has 0 radical (unpaired) electrons. The maximum absolute atomic E-state index is 12.1. The monoisotopic (exact) mass is 357 g/mol. The van der Waals surface area contributed by atoms with Gasteiger partial charge in [-0.05, 0) is 44.5 Å². The molecule has 2 amide bonds. The minimum atomic E-state index is -0.295. The van der Waals surface area contributed by atoms with Crippen molar-refractivity contribution in [2.75, 3.05) is 19.0 Å². The molecule has 0 spiro atoms. The van der Waals surface area contributed by atoms with Gasteiger partial charge in [0.1, 0.15) is 0 Å². The highest BCUT2D eigenvalue weighted by molar-refractivity contribution is 5.96. The first-order valence-corrected chi connectivity index (χ1v) is 7.76. The van der Waals surface area contributed by atoms with Crippen LogP contribution in [-0.2, 0) is 9.53 Å². The SMILES string of the molecule is CCC(C)(C)NC(=O)c1ccc(NC(=O)CC(CN)OC)cc1.Cl. The van der Waals surface area contributed by atoms with E-state index in [1.54, 1.807) is 24.3 Å². The lowest BCUT2D eigenvalue weighted by molar-refractivity contribution is -0.118. The van der Waals surface area contributed by atoms with Crippen LogP contribution in [0.15, 0.2) is 24.3 Å². The lowest BCUT2D eigenvalue weighted by Gasteiger charge is -2.24. The number of nitrogens with one attached hydrogen (secondary N) is 2. The van der Waals surface area contributed by atoms with Gasteiger partial charge in [0.05, 0.1) is 12.5 Å². The summed E-state index contributed by atoms with van der Waals surface area (Å²) in [5, 5.41) is 5.73. The molecule has 136 valence electrons. The number of ether oxygens (including phenoxy) is 1. The molecule has 7 heteroatoms. The number of benzene rings is 1. The Morgan fingerprint density at radius 3 is 2.29 bits per heavy atom. The second kappa shape index (κ2) is 10.3. The topological polar surface area (TPSA) is 93.5 Å². The third kappa shape index (κ3) is 7.29. The summed E-state index contributed by atoms with van der Waals surface area (Å²) >= 11 is 0. The third-order valence-electron chi connectivity index (χ3n) is 3.78. The minimum absolute atomic E-state index is 0. The summed E-state index contributed by atoms with van der Waals surface area (Å²) in [6.07, 6.45) is 0.741. The van der Waals surface area contributed by atoms with Gasteiger partial charge in [0.25, 0.3) is 5.91 Å². The predicted molar refractivity (Wildman–Crippen MR) is 98.6 cm³/mol. The Bertz CT molecular complexity index is 528. The van der Waals surface area contributed by atoms with Crippen LogP contribution in [0.3, 0.4) is 0 Å². The van der Waals surface area contributed by atoms with E-state index in [-0.39, 0.29) is 48.8 Å². The molecule has 1 aromatic rings. The Morgan fingerprint density at radius 2 is 1.83 bits per heavy atom. The van der Waals surface area contributed by atoms with E-state index in [1.165, 1.54) is 7.11 Å². The van der Waals surface area contributed by atoms with E-state index in [1.807, 2.05) is 20.8 Å². The van der Waals surface area contributed by atoms with Crippen LogP contribution in [0.25, 0.3) is 0 Å². The van der Waals surface area contributed by atoms with Gasteiger partial charge in [0.2, 0.25) is 5.91 Å². The van der Waals surface area contributed by atoms with Crippen LogP contribution in [0.1, 0.15) is 44.0 Å². The standard InChI is InChI=1S/C17H27N3O3.ClH/c1-5-17(2,3)20-16(22)12-6-8-13(9-7-12)19-15(21)10-14(11-18)23-4;/h6-9,14H,5,10-11,18H2,1-4H3,(H,19,21)(H,20,22);1H. The summed E-state index contributed by atoms with van der Waals surface area (Å²) in [4.78, 5) is 24.0. The quantitative estimate of drug-likeness (QED) is 0.665. The molecule has 0 aliphatic heterocycles. The van der Waals surface area contributed by atoms with E-state index in [0.717, 1.165) is 6.42 Å². The second-order valence-electron chi connectivity index (χ2n) is 6.11. The zero-order valence-electron chi connectivity index (χ0n) is 14.7. The third-order valence-corrected chi connectivity index (χ3v) is 3.78. The molecule has 1 unspecified atom stereocenters. The highest BCUT2D eigenvalue weighted by atomic mass is 35.5. The van der Waals surface area contributed by atoms with Gasteiger partial charge in [0, 0.05) is 30.4 Å². The molecule has 0 saturated heterocycles. The number of halogens is 1. The molecule has 1 rings (SSSR count). The highest BCUT2D eigenvalue weighted by Gasteiger charge is 2.18. The van der Waals surface area contributed by atoms with Gasteiger partial charge < -0.3 is 21.1 Å². The lowest BCUT2D eigenvalue weighted by Crippen LogP contribution is -2.42. The largest absolute Gasteiger partial charge is 0.380 e. The number of carbonyl (C=O) groups excluding carboxylic acids is 2. The van der Waals surface area contributed by atoms with Crippen molar-refractivity contribution in [2.45, 2.75) is 45.3 Å². The Labute approximate surface area is 149 Å². The molecule has 0 aromatic heterocycles. The Kier molecular flexibility index (Phi) is 9.58. The number of hydrogen-bond donors (Lipinski definition) is 3. The van der Waals surface area contributed by atoms with Crippen molar-refractivity contribution in [3.8, 4) is 0 Å². The Balaban J connectivity index is 0.00000529. The van der Waals surface area contributed by atoms with Crippen LogP contribution in [0.5, 0.6) is 0 Å². The van der Waals surface area contributed by atoms with Crippen LogP contribution in [-0.4, -0.2) is 37.1 Å². The van der Waals surface area contributed by atoms with Crippen molar-refractivity contribution in [1.82, 2.24) is 5.32 Å². The van der Waals surface area contributed by atoms with E-state index < -0.39 is 0 Å². The molecule has 0 fully saturated rings. The second-order valence-corrected chi connectivity index (χ2v) is 6.11. The molecule has 1 aromatic carbocycles. The normalized spacial score (nSPS) is 12.0. The first-order valence-electron chi connectivity index (χ1n) is 7.76. The summed E-state index contributed by atoms with van der Waals surface area (Å²) in [6, 6.07) is 6.78. The summed E-state index contributed by atoms with van der Waals surface area (Å²) in [5.41, 5.74) is 6.43. The van der Waals surface area contributed by atoms with Crippen molar-refractivity contribution in [1.29, 1.82) is 0 Å². The molecule has 0 bridgehead atoms. The fraction of sp³-hybridized carbons (Fsp3) is 0.529.